The molecule has 2 rings (SSSR count). The fourth-order valence-corrected chi connectivity index (χ4v) is 2.19. The van der Waals surface area contributed by atoms with E-state index in [0.29, 0.717) is 13.1 Å². The molecule has 0 unspecified atom stereocenters. The summed E-state index contributed by atoms with van der Waals surface area (Å²) in [7, 11) is 0. The molecule has 1 aliphatic heterocycles. The van der Waals surface area contributed by atoms with Gasteiger partial charge in [-0.25, -0.2) is 14.8 Å². The molecule has 1 aliphatic rings. The van der Waals surface area contributed by atoms with Crippen molar-refractivity contribution < 1.29 is 4.79 Å². The molecule has 1 saturated heterocycles. The number of aryl methyl sites for hydroxylation is 2. The van der Waals surface area contributed by atoms with E-state index < -0.39 is 0 Å². The molecule has 0 bridgehead atoms. The Morgan fingerprint density at radius 3 is 2.44 bits per heavy atom. The Kier molecular flexibility index (Phi) is 3.64. The van der Waals surface area contributed by atoms with Crippen LogP contribution in [-0.4, -0.2) is 47.1 Å². The normalized spacial score (nSPS) is 16.6. The molecule has 6 nitrogen and oxygen atoms in total. The molecule has 2 amide bonds. The lowest BCUT2D eigenvalue weighted by molar-refractivity contribution is 0.211. The van der Waals surface area contributed by atoms with Gasteiger partial charge >= 0.3 is 6.03 Å². The average molecular weight is 249 g/mol. The second kappa shape index (κ2) is 5.20. The van der Waals surface area contributed by atoms with Crippen molar-refractivity contribution in [2.24, 2.45) is 5.73 Å². The molecular weight excluding hydrogens is 230 g/mol. The van der Waals surface area contributed by atoms with Gasteiger partial charge in [0.1, 0.15) is 0 Å². The first kappa shape index (κ1) is 12.6. The molecule has 98 valence electrons. The highest BCUT2D eigenvalue weighted by atomic mass is 16.2. The molecule has 0 radical (unpaired) electrons. The van der Waals surface area contributed by atoms with Gasteiger partial charge in [-0.2, -0.15) is 0 Å². The van der Waals surface area contributed by atoms with E-state index in [4.69, 9.17) is 5.73 Å². The van der Waals surface area contributed by atoms with Crippen molar-refractivity contribution in [3.63, 3.8) is 0 Å². The van der Waals surface area contributed by atoms with Crippen LogP contribution in [0.2, 0.25) is 0 Å². The highest BCUT2D eigenvalue weighted by molar-refractivity contribution is 5.72. The van der Waals surface area contributed by atoms with Gasteiger partial charge in [-0.05, 0) is 26.3 Å². The van der Waals surface area contributed by atoms with Gasteiger partial charge in [-0.1, -0.05) is 0 Å². The molecule has 1 aromatic heterocycles. The molecule has 0 aliphatic carbocycles. The first-order valence-electron chi connectivity index (χ1n) is 6.18. The lowest BCUT2D eigenvalue weighted by Gasteiger charge is -2.21. The minimum Gasteiger partial charge on any atom is -0.351 e. The first-order chi connectivity index (χ1) is 8.56. The minimum atomic E-state index is -0.349. The van der Waals surface area contributed by atoms with E-state index in [0.717, 1.165) is 36.8 Å². The molecule has 0 spiro atoms. The van der Waals surface area contributed by atoms with Crippen LogP contribution < -0.4 is 10.6 Å². The molecule has 0 aromatic carbocycles. The summed E-state index contributed by atoms with van der Waals surface area (Å²) < 4.78 is 0. The van der Waals surface area contributed by atoms with Gasteiger partial charge < -0.3 is 15.5 Å². The average Bonchev–Trinajstić information content (AvgIpc) is 2.52. The summed E-state index contributed by atoms with van der Waals surface area (Å²) in [4.78, 5) is 23.8. The van der Waals surface area contributed by atoms with Crippen LogP contribution in [0.3, 0.4) is 0 Å². The quantitative estimate of drug-likeness (QED) is 0.794. The zero-order valence-electron chi connectivity index (χ0n) is 10.9. The largest absolute Gasteiger partial charge is 0.351 e. The number of nitrogens with zero attached hydrogens (tertiary/aromatic N) is 4. The number of carbonyl (C=O) groups is 1. The van der Waals surface area contributed by atoms with E-state index in [1.807, 2.05) is 19.9 Å². The van der Waals surface area contributed by atoms with Crippen LogP contribution in [0.5, 0.6) is 0 Å². The van der Waals surface area contributed by atoms with Crippen molar-refractivity contribution in [2.75, 3.05) is 31.1 Å². The predicted molar refractivity (Wildman–Crippen MR) is 69.5 cm³/mol. The third-order valence-electron chi connectivity index (χ3n) is 3.06. The second-order valence-corrected chi connectivity index (χ2v) is 4.62. The van der Waals surface area contributed by atoms with Crippen molar-refractivity contribution >= 4 is 12.0 Å². The highest BCUT2D eigenvalue weighted by Gasteiger charge is 2.18. The van der Waals surface area contributed by atoms with Crippen LogP contribution in [0.4, 0.5) is 10.7 Å². The fourth-order valence-electron chi connectivity index (χ4n) is 2.19. The van der Waals surface area contributed by atoms with Crippen LogP contribution in [0.15, 0.2) is 6.07 Å². The summed E-state index contributed by atoms with van der Waals surface area (Å²) in [6.45, 7) is 6.85. The Morgan fingerprint density at radius 2 is 1.83 bits per heavy atom. The number of anilines is 1. The van der Waals surface area contributed by atoms with Crippen LogP contribution >= 0.6 is 0 Å². The maximum atomic E-state index is 11.2. The van der Waals surface area contributed by atoms with Crippen molar-refractivity contribution in [3.8, 4) is 0 Å². The number of hydrogen-bond donors (Lipinski definition) is 1. The Hall–Kier alpha value is -1.85. The molecular formula is C12H19N5O. The Bertz CT molecular complexity index is 428. The predicted octanol–water partition coefficient (Wildman–Crippen LogP) is 0.684. The third kappa shape index (κ3) is 2.88. The summed E-state index contributed by atoms with van der Waals surface area (Å²) in [5.41, 5.74) is 7.24. The van der Waals surface area contributed by atoms with E-state index in [9.17, 15) is 4.79 Å². The topological polar surface area (TPSA) is 75.3 Å². The molecule has 6 heteroatoms. The Labute approximate surface area is 107 Å². The van der Waals surface area contributed by atoms with Crippen molar-refractivity contribution in [1.82, 2.24) is 14.9 Å². The highest BCUT2D eigenvalue weighted by Crippen LogP contribution is 2.13. The number of rotatable bonds is 1. The third-order valence-corrected chi connectivity index (χ3v) is 3.06. The van der Waals surface area contributed by atoms with Gasteiger partial charge in [-0.3, -0.25) is 0 Å². The van der Waals surface area contributed by atoms with Gasteiger partial charge in [0.15, 0.2) is 0 Å². The zero-order valence-corrected chi connectivity index (χ0v) is 10.9. The number of nitrogens with two attached hydrogens (primary N) is 1. The summed E-state index contributed by atoms with van der Waals surface area (Å²) in [6, 6.07) is 1.61. The van der Waals surface area contributed by atoms with E-state index in [1.54, 1.807) is 4.90 Å². The van der Waals surface area contributed by atoms with Crippen LogP contribution in [0.25, 0.3) is 0 Å². The number of amides is 2. The van der Waals surface area contributed by atoms with Crippen LogP contribution in [-0.2, 0) is 0 Å². The van der Waals surface area contributed by atoms with Gasteiger partial charge in [0.25, 0.3) is 0 Å². The van der Waals surface area contributed by atoms with Gasteiger partial charge in [0, 0.05) is 37.6 Å². The van der Waals surface area contributed by atoms with Crippen molar-refractivity contribution in [3.05, 3.63) is 17.5 Å². The van der Waals surface area contributed by atoms with Gasteiger partial charge in [-0.15, -0.1) is 0 Å². The van der Waals surface area contributed by atoms with E-state index in [1.165, 1.54) is 0 Å². The first-order valence-corrected chi connectivity index (χ1v) is 6.18. The number of primary amides is 1. The lowest BCUT2D eigenvalue weighted by atomic mass is 10.3. The minimum absolute atomic E-state index is 0.349. The smallest absolute Gasteiger partial charge is 0.314 e. The van der Waals surface area contributed by atoms with Crippen molar-refractivity contribution in [1.29, 1.82) is 0 Å². The Morgan fingerprint density at radius 1 is 1.17 bits per heavy atom. The molecule has 2 heterocycles. The molecule has 0 saturated carbocycles. The SMILES string of the molecule is Cc1cc(C)nc(N2CCCN(C(N)=O)CC2)n1. The maximum absolute atomic E-state index is 11.2. The maximum Gasteiger partial charge on any atom is 0.314 e. The summed E-state index contributed by atoms with van der Waals surface area (Å²) in [5.74, 6) is 0.749. The summed E-state index contributed by atoms with van der Waals surface area (Å²) >= 11 is 0. The number of aromatic nitrogens is 2. The summed E-state index contributed by atoms with van der Waals surface area (Å²) in [6.07, 6.45) is 0.888. The summed E-state index contributed by atoms with van der Waals surface area (Å²) in [5, 5.41) is 0. The number of carbonyl (C=O) groups excluding carboxylic acids is 1. The van der Waals surface area contributed by atoms with Crippen LogP contribution in [0, 0.1) is 13.8 Å². The second-order valence-electron chi connectivity index (χ2n) is 4.62. The van der Waals surface area contributed by atoms with Gasteiger partial charge in [0.2, 0.25) is 5.95 Å². The Balaban J connectivity index is 2.12. The van der Waals surface area contributed by atoms with E-state index in [-0.39, 0.29) is 6.03 Å². The van der Waals surface area contributed by atoms with E-state index in [2.05, 4.69) is 14.9 Å². The zero-order chi connectivity index (χ0) is 13.1. The van der Waals surface area contributed by atoms with E-state index >= 15 is 0 Å². The molecule has 1 fully saturated rings. The number of hydrogen-bond acceptors (Lipinski definition) is 4. The fraction of sp³-hybridized carbons (Fsp3) is 0.583. The molecule has 2 N–H and O–H groups in total. The van der Waals surface area contributed by atoms with Crippen molar-refractivity contribution in [2.45, 2.75) is 20.3 Å². The van der Waals surface area contributed by atoms with Crippen LogP contribution in [0.1, 0.15) is 17.8 Å². The standard InChI is InChI=1S/C12H19N5O/c1-9-8-10(2)15-12(14-9)17-5-3-4-16(6-7-17)11(13)18/h8H,3-7H2,1-2H3,(H2,13,18). The monoisotopic (exact) mass is 249 g/mol. The number of urea groups is 1. The molecule has 18 heavy (non-hydrogen) atoms. The molecule has 0 atom stereocenters. The molecule has 1 aromatic rings. The lowest BCUT2D eigenvalue weighted by Crippen LogP contribution is -2.38. The van der Waals surface area contributed by atoms with Gasteiger partial charge in [0.05, 0.1) is 0 Å².